The Balaban J connectivity index is 3.10. The highest BCUT2D eigenvalue weighted by molar-refractivity contribution is 4.71. The minimum atomic E-state index is -0.425. The summed E-state index contributed by atoms with van der Waals surface area (Å²) in [6.07, 6.45) is 6.81. The van der Waals surface area contributed by atoms with Crippen molar-refractivity contribution in [3.63, 3.8) is 0 Å². The average Bonchev–Trinajstić information content (AvgIpc) is 1.87. The van der Waals surface area contributed by atoms with Crippen LogP contribution in [0.25, 0.3) is 0 Å². The summed E-state index contributed by atoms with van der Waals surface area (Å²) in [6.45, 7) is 2.11. The lowest BCUT2D eigenvalue weighted by Gasteiger charge is -1.88. The first-order chi connectivity index (χ1) is 4.77. The Hall–Kier alpha value is -0.860. The van der Waals surface area contributed by atoms with Crippen LogP contribution in [0.15, 0.2) is 12.3 Å². The summed E-state index contributed by atoms with van der Waals surface area (Å²) in [5, 5.41) is 9.75. The van der Waals surface area contributed by atoms with Crippen LogP contribution < -0.4 is 0 Å². The first-order valence-electron chi connectivity index (χ1n) is 3.57. The Morgan fingerprint density at radius 3 is 2.70 bits per heavy atom. The van der Waals surface area contributed by atoms with Gasteiger partial charge in [-0.3, -0.25) is 10.1 Å². The molecule has 10 heavy (non-hydrogen) atoms. The summed E-state index contributed by atoms with van der Waals surface area (Å²) in [7, 11) is 0. The molecular weight excluding hydrogens is 130 g/mol. The molecule has 3 nitrogen and oxygen atoms in total. The van der Waals surface area contributed by atoms with E-state index in [9.17, 15) is 10.1 Å². The molecule has 0 saturated heterocycles. The number of nitrogens with zero attached hydrogens (tertiary/aromatic N) is 1. The number of hydrogen-bond donors (Lipinski definition) is 0. The molecule has 0 bridgehead atoms. The van der Waals surface area contributed by atoms with Crippen molar-refractivity contribution >= 4 is 0 Å². The number of unbranched alkanes of at least 4 members (excludes halogenated alkanes) is 3. The Bertz CT molecular complexity index is 121. The van der Waals surface area contributed by atoms with Crippen LogP contribution in [0.4, 0.5) is 0 Å². The number of nitro groups is 1. The topological polar surface area (TPSA) is 43.1 Å². The third kappa shape index (κ3) is 7.14. The van der Waals surface area contributed by atoms with E-state index in [1.54, 1.807) is 6.08 Å². The molecule has 0 atom stereocenters. The van der Waals surface area contributed by atoms with Gasteiger partial charge in [0.15, 0.2) is 0 Å². The Kier molecular flexibility index (Phi) is 5.72. The van der Waals surface area contributed by atoms with Crippen molar-refractivity contribution in [1.82, 2.24) is 0 Å². The van der Waals surface area contributed by atoms with E-state index < -0.39 is 4.92 Å². The van der Waals surface area contributed by atoms with Gasteiger partial charge in [0.25, 0.3) is 0 Å². The van der Waals surface area contributed by atoms with Gasteiger partial charge in [-0.1, -0.05) is 19.8 Å². The first kappa shape index (κ1) is 9.14. The molecule has 0 fully saturated rings. The van der Waals surface area contributed by atoms with Crippen molar-refractivity contribution < 1.29 is 4.92 Å². The second kappa shape index (κ2) is 6.26. The maximum absolute atomic E-state index is 9.75. The van der Waals surface area contributed by atoms with Crippen molar-refractivity contribution in [3.05, 3.63) is 22.4 Å². The maximum Gasteiger partial charge on any atom is 0.230 e. The van der Waals surface area contributed by atoms with E-state index in [1.807, 2.05) is 0 Å². The van der Waals surface area contributed by atoms with Crippen molar-refractivity contribution in [3.8, 4) is 0 Å². The molecule has 0 aromatic heterocycles. The molecule has 0 aliphatic rings. The summed E-state index contributed by atoms with van der Waals surface area (Å²) in [4.78, 5) is 9.33. The van der Waals surface area contributed by atoms with E-state index in [4.69, 9.17) is 0 Å². The van der Waals surface area contributed by atoms with E-state index in [0.717, 1.165) is 31.9 Å². The second-order valence-electron chi connectivity index (χ2n) is 2.17. The van der Waals surface area contributed by atoms with Crippen molar-refractivity contribution in [2.75, 3.05) is 0 Å². The van der Waals surface area contributed by atoms with Crippen molar-refractivity contribution in [1.29, 1.82) is 0 Å². The van der Waals surface area contributed by atoms with Gasteiger partial charge in [-0.2, -0.15) is 0 Å². The average molecular weight is 143 g/mol. The Morgan fingerprint density at radius 2 is 2.20 bits per heavy atom. The van der Waals surface area contributed by atoms with Crippen LogP contribution >= 0.6 is 0 Å². The van der Waals surface area contributed by atoms with Crippen LogP contribution in [0.1, 0.15) is 32.6 Å². The lowest BCUT2D eigenvalue weighted by Crippen LogP contribution is -1.82. The molecule has 0 rings (SSSR count). The van der Waals surface area contributed by atoms with Crippen LogP contribution in [0, 0.1) is 10.1 Å². The fourth-order valence-electron chi connectivity index (χ4n) is 0.673. The number of hydrogen-bond acceptors (Lipinski definition) is 2. The number of rotatable bonds is 5. The second-order valence-corrected chi connectivity index (χ2v) is 2.17. The zero-order valence-corrected chi connectivity index (χ0v) is 6.25. The molecule has 0 aliphatic heterocycles. The van der Waals surface area contributed by atoms with Gasteiger partial charge < -0.3 is 0 Å². The minimum absolute atomic E-state index is 0.425. The summed E-state index contributed by atoms with van der Waals surface area (Å²) < 4.78 is 0. The normalized spacial score (nSPS) is 10.5. The van der Waals surface area contributed by atoms with E-state index in [0.29, 0.717) is 0 Å². The molecule has 58 valence electrons. The zero-order chi connectivity index (χ0) is 7.82. The maximum atomic E-state index is 9.75. The van der Waals surface area contributed by atoms with Gasteiger partial charge in [-0.05, 0) is 18.9 Å². The van der Waals surface area contributed by atoms with E-state index in [2.05, 4.69) is 6.92 Å². The molecule has 0 N–H and O–H groups in total. The smallest absolute Gasteiger partial charge is 0.230 e. The lowest BCUT2D eigenvalue weighted by atomic mass is 10.2. The van der Waals surface area contributed by atoms with Gasteiger partial charge in [-0.15, -0.1) is 0 Å². The molecule has 0 unspecified atom stereocenters. The van der Waals surface area contributed by atoms with E-state index >= 15 is 0 Å². The molecule has 0 saturated carbocycles. The van der Waals surface area contributed by atoms with E-state index in [1.165, 1.54) is 0 Å². The van der Waals surface area contributed by atoms with Crippen LogP contribution in [-0.2, 0) is 0 Å². The predicted molar refractivity (Wildman–Crippen MR) is 40.3 cm³/mol. The SMILES string of the molecule is CCCCC/C=C/[N+](=O)[O-]. The summed E-state index contributed by atoms with van der Waals surface area (Å²) in [5.41, 5.74) is 0. The zero-order valence-electron chi connectivity index (χ0n) is 6.25. The molecule has 0 spiro atoms. The first-order valence-corrected chi connectivity index (χ1v) is 3.57. The van der Waals surface area contributed by atoms with Crippen molar-refractivity contribution in [2.45, 2.75) is 32.6 Å². The van der Waals surface area contributed by atoms with Gasteiger partial charge in [0.05, 0.1) is 4.92 Å². The Morgan fingerprint density at radius 1 is 1.50 bits per heavy atom. The van der Waals surface area contributed by atoms with Gasteiger partial charge in [0.2, 0.25) is 6.20 Å². The van der Waals surface area contributed by atoms with Crippen LogP contribution in [0.3, 0.4) is 0 Å². The molecule has 0 radical (unpaired) electrons. The standard InChI is InChI=1S/C7H13NO2/c1-2-3-4-5-6-7-8(9)10/h6-7H,2-5H2,1H3/b7-6+. The summed E-state index contributed by atoms with van der Waals surface area (Å²) in [5.74, 6) is 0. The molecule has 0 amide bonds. The summed E-state index contributed by atoms with van der Waals surface area (Å²) in [6, 6.07) is 0. The monoisotopic (exact) mass is 143 g/mol. The van der Waals surface area contributed by atoms with Gasteiger partial charge >= 0.3 is 0 Å². The van der Waals surface area contributed by atoms with Gasteiger partial charge in [0.1, 0.15) is 0 Å². The molecule has 0 aromatic rings. The molecule has 0 aliphatic carbocycles. The van der Waals surface area contributed by atoms with Crippen LogP contribution in [0.2, 0.25) is 0 Å². The van der Waals surface area contributed by atoms with E-state index in [-0.39, 0.29) is 0 Å². The van der Waals surface area contributed by atoms with Crippen LogP contribution in [0.5, 0.6) is 0 Å². The largest absolute Gasteiger partial charge is 0.259 e. The van der Waals surface area contributed by atoms with Crippen LogP contribution in [-0.4, -0.2) is 4.92 Å². The molecular formula is C7H13NO2. The highest BCUT2D eigenvalue weighted by Gasteiger charge is 1.85. The van der Waals surface area contributed by atoms with Crippen molar-refractivity contribution in [2.24, 2.45) is 0 Å². The highest BCUT2D eigenvalue weighted by Crippen LogP contribution is 1.98. The van der Waals surface area contributed by atoms with Gasteiger partial charge in [0, 0.05) is 0 Å². The van der Waals surface area contributed by atoms with Gasteiger partial charge in [-0.25, -0.2) is 0 Å². The number of allylic oxidation sites excluding steroid dienone is 1. The summed E-state index contributed by atoms with van der Waals surface area (Å²) >= 11 is 0. The minimum Gasteiger partial charge on any atom is -0.259 e. The predicted octanol–water partition coefficient (Wildman–Crippen LogP) is 2.36. The quantitative estimate of drug-likeness (QED) is 0.337. The fourth-order valence-corrected chi connectivity index (χ4v) is 0.673. The fraction of sp³-hybridized carbons (Fsp3) is 0.714. The molecule has 0 heterocycles. The molecule has 0 aromatic carbocycles. The highest BCUT2D eigenvalue weighted by atomic mass is 16.6. The third-order valence-electron chi connectivity index (χ3n) is 1.20. The lowest BCUT2D eigenvalue weighted by molar-refractivity contribution is -0.402. The third-order valence-corrected chi connectivity index (χ3v) is 1.20. The molecule has 3 heteroatoms. The Labute approximate surface area is 60.9 Å².